The van der Waals surface area contributed by atoms with Crippen LogP contribution in [0.25, 0.3) is 11.0 Å². The maximum Gasteiger partial charge on any atom is 0.407 e. The summed E-state index contributed by atoms with van der Waals surface area (Å²) in [5, 5.41) is 6.54. The summed E-state index contributed by atoms with van der Waals surface area (Å²) in [4.78, 5) is 24.7. The lowest BCUT2D eigenvalue weighted by Crippen LogP contribution is -2.32. The highest BCUT2D eigenvalue weighted by molar-refractivity contribution is 6.07. The quantitative estimate of drug-likeness (QED) is 0.377. The van der Waals surface area contributed by atoms with Crippen LogP contribution in [0.2, 0.25) is 0 Å². The van der Waals surface area contributed by atoms with Crippen molar-refractivity contribution in [3.8, 4) is 5.75 Å². The number of carbonyl (C=O) groups excluding carboxylic acids is 2. The van der Waals surface area contributed by atoms with Gasteiger partial charge in [0.15, 0.2) is 0 Å². The van der Waals surface area contributed by atoms with Crippen LogP contribution in [0.1, 0.15) is 74.7 Å². The molecule has 1 atom stereocenters. The number of fused-ring (bicyclic) bond motifs is 1. The average molecular weight is 481 g/mol. The summed E-state index contributed by atoms with van der Waals surface area (Å²) in [6.07, 6.45) is 1.49. The van der Waals surface area contributed by atoms with Gasteiger partial charge in [-0.3, -0.25) is 4.79 Å². The van der Waals surface area contributed by atoms with E-state index in [-0.39, 0.29) is 11.9 Å². The van der Waals surface area contributed by atoms with Crippen LogP contribution in [-0.2, 0) is 17.9 Å². The molecular weight excluding hydrogens is 444 g/mol. The summed E-state index contributed by atoms with van der Waals surface area (Å²) >= 11 is 0. The van der Waals surface area contributed by atoms with E-state index in [9.17, 15) is 9.59 Å². The number of ether oxygens (including phenoxy) is 2. The van der Waals surface area contributed by atoms with Gasteiger partial charge in [-0.2, -0.15) is 0 Å². The van der Waals surface area contributed by atoms with E-state index in [1.807, 2.05) is 70.2 Å². The number of aryl methyl sites for hydroxylation is 1. The SMILES string of the molecule is CCCC(C)NC(=O)c1c(C)oc2ccc(OCc3ccc(CNC(=O)OC(C)(C)C)cc3)cc12. The number of hydrogen-bond donors (Lipinski definition) is 2. The van der Waals surface area contributed by atoms with E-state index in [0.29, 0.717) is 35.8 Å². The molecule has 0 spiro atoms. The van der Waals surface area contributed by atoms with Crippen molar-refractivity contribution in [1.82, 2.24) is 10.6 Å². The molecule has 0 saturated heterocycles. The molecule has 1 unspecified atom stereocenters. The normalized spacial score (nSPS) is 12.3. The predicted octanol–water partition coefficient (Wildman–Crippen LogP) is 6.26. The van der Waals surface area contributed by atoms with Crippen LogP contribution in [0.3, 0.4) is 0 Å². The minimum atomic E-state index is -0.526. The number of benzene rings is 2. The zero-order valence-corrected chi connectivity index (χ0v) is 21.5. The topological polar surface area (TPSA) is 89.8 Å². The maximum atomic E-state index is 12.9. The van der Waals surface area contributed by atoms with Gasteiger partial charge in [-0.25, -0.2) is 4.79 Å². The van der Waals surface area contributed by atoms with E-state index in [0.717, 1.165) is 29.4 Å². The van der Waals surface area contributed by atoms with Gasteiger partial charge < -0.3 is 24.5 Å². The number of amides is 2. The van der Waals surface area contributed by atoms with Crippen molar-refractivity contribution in [3.05, 3.63) is 64.9 Å². The van der Waals surface area contributed by atoms with Crippen LogP contribution >= 0.6 is 0 Å². The highest BCUT2D eigenvalue weighted by Crippen LogP contribution is 2.29. The highest BCUT2D eigenvalue weighted by Gasteiger charge is 2.20. The van der Waals surface area contributed by atoms with Crippen LogP contribution in [0.15, 0.2) is 46.9 Å². The van der Waals surface area contributed by atoms with Gasteiger partial charge in [0.25, 0.3) is 5.91 Å². The molecule has 2 N–H and O–H groups in total. The predicted molar refractivity (Wildman–Crippen MR) is 137 cm³/mol. The lowest BCUT2D eigenvalue weighted by Gasteiger charge is -2.19. The largest absolute Gasteiger partial charge is 0.489 e. The molecule has 7 nitrogen and oxygen atoms in total. The van der Waals surface area contributed by atoms with Crippen LogP contribution in [-0.4, -0.2) is 23.6 Å². The smallest absolute Gasteiger partial charge is 0.407 e. The molecule has 2 amide bonds. The van der Waals surface area contributed by atoms with E-state index in [4.69, 9.17) is 13.9 Å². The van der Waals surface area contributed by atoms with Gasteiger partial charge in [-0.1, -0.05) is 37.6 Å². The Hall–Kier alpha value is -3.48. The van der Waals surface area contributed by atoms with Crippen LogP contribution < -0.4 is 15.4 Å². The van der Waals surface area contributed by atoms with E-state index in [2.05, 4.69) is 17.6 Å². The van der Waals surface area contributed by atoms with Gasteiger partial charge in [-0.15, -0.1) is 0 Å². The van der Waals surface area contributed by atoms with Gasteiger partial charge in [0, 0.05) is 18.0 Å². The monoisotopic (exact) mass is 480 g/mol. The summed E-state index contributed by atoms with van der Waals surface area (Å²) in [6.45, 7) is 12.2. The molecule has 0 fully saturated rings. The number of nitrogens with one attached hydrogen (secondary N) is 2. The number of alkyl carbamates (subject to hydrolysis) is 1. The molecule has 3 rings (SSSR count). The molecule has 35 heavy (non-hydrogen) atoms. The summed E-state index contributed by atoms with van der Waals surface area (Å²) in [5.41, 5.74) is 2.63. The number of carbonyl (C=O) groups is 2. The molecule has 0 radical (unpaired) electrons. The molecular formula is C28H36N2O5. The Balaban J connectivity index is 1.62. The third-order valence-electron chi connectivity index (χ3n) is 5.43. The van der Waals surface area contributed by atoms with Crippen molar-refractivity contribution in [2.75, 3.05) is 0 Å². The van der Waals surface area contributed by atoms with Gasteiger partial charge in [0.1, 0.15) is 29.3 Å². The van der Waals surface area contributed by atoms with E-state index < -0.39 is 11.7 Å². The molecule has 7 heteroatoms. The number of rotatable bonds is 9. The van der Waals surface area contributed by atoms with E-state index in [1.165, 1.54) is 0 Å². The third kappa shape index (κ3) is 7.50. The first-order valence-corrected chi connectivity index (χ1v) is 12.1. The Kier molecular flexibility index (Phi) is 8.43. The van der Waals surface area contributed by atoms with Gasteiger partial charge in [0.2, 0.25) is 0 Å². The molecule has 0 bridgehead atoms. The van der Waals surface area contributed by atoms with Crippen molar-refractivity contribution in [1.29, 1.82) is 0 Å². The van der Waals surface area contributed by atoms with Gasteiger partial charge >= 0.3 is 6.09 Å². The second-order valence-corrected chi connectivity index (χ2v) is 9.82. The van der Waals surface area contributed by atoms with E-state index >= 15 is 0 Å². The summed E-state index contributed by atoms with van der Waals surface area (Å²) in [7, 11) is 0. The Labute approximate surface area is 207 Å². The first kappa shape index (κ1) is 26.1. The second-order valence-electron chi connectivity index (χ2n) is 9.82. The minimum absolute atomic E-state index is 0.0959. The Morgan fingerprint density at radius 2 is 1.74 bits per heavy atom. The van der Waals surface area contributed by atoms with Crippen molar-refractivity contribution in [2.45, 2.75) is 79.2 Å². The van der Waals surface area contributed by atoms with Crippen molar-refractivity contribution < 1.29 is 23.5 Å². The lowest BCUT2D eigenvalue weighted by atomic mass is 10.1. The zero-order valence-electron chi connectivity index (χ0n) is 21.5. The molecule has 1 aromatic heterocycles. The Bertz CT molecular complexity index is 1160. The minimum Gasteiger partial charge on any atom is -0.489 e. The summed E-state index contributed by atoms with van der Waals surface area (Å²) in [6, 6.07) is 13.4. The Morgan fingerprint density at radius 1 is 1.06 bits per heavy atom. The molecule has 0 aliphatic carbocycles. The fraction of sp³-hybridized carbons (Fsp3) is 0.429. The van der Waals surface area contributed by atoms with Gasteiger partial charge in [-0.05, 0) is 70.4 Å². The standard InChI is InChI=1S/C28H36N2O5/c1-7-8-18(2)30-26(31)25-19(3)34-24-14-13-22(15-23(24)25)33-17-21-11-9-20(10-12-21)16-29-27(32)35-28(4,5)6/h9-15,18H,7-8,16-17H2,1-6H3,(H,29,32)(H,30,31). The van der Waals surface area contributed by atoms with Gasteiger partial charge in [0.05, 0.1) is 5.56 Å². The van der Waals surface area contributed by atoms with Crippen molar-refractivity contribution in [2.24, 2.45) is 0 Å². The van der Waals surface area contributed by atoms with Crippen LogP contribution in [0, 0.1) is 6.92 Å². The molecule has 3 aromatic rings. The number of hydrogen-bond acceptors (Lipinski definition) is 5. The fourth-order valence-electron chi connectivity index (χ4n) is 3.78. The fourth-order valence-corrected chi connectivity index (χ4v) is 3.78. The summed E-state index contributed by atoms with van der Waals surface area (Å²) in [5.74, 6) is 1.12. The molecule has 1 heterocycles. The summed E-state index contributed by atoms with van der Waals surface area (Å²) < 4.78 is 17.1. The molecule has 0 aliphatic heterocycles. The maximum absolute atomic E-state index is 12.9. The number of furan rings is 1. The molecule has 0 aliphatic rings. The second kappa shape index (κ2) is 11.3. The first-order valence-electron chi connectivity index (χ1n) is 12.1. The van der Waals surface area contributed by atoms with E-state index in [1.54, 1.807) is 6.92 Å². The first-order chi connectivity index (χ1) is 16.6. The molecule has 2 aromatic carbocycles. The molecule has 188 valence electrons. The Morgan fingerprint density at radius 3 is 2.40 bits per heavy atom. The highest BCUT2D eigenvalue weighted by atomic mass is 16.6. The third-order valence-corrected chi connectivity index (χ3v) is 5.43. The lowest BCUT2D eigenvalue weighted by molar-refractivity contribution is 0.0523. The van der Waals surface area contributed by atoms with Crippen LogP contribution in [0.5, 0.6) is 5.75 Å². The average Bonchev–Trinajstić information content (AvgIpc) is 3.11. The van der Waals surface area contributed by atoms with Crippen molar-refractivity contribution in [3.63, 3.8) is 0 Å². The van der Waals surface area contributed by atoms with Crippen molar-refractivity contribution >= 4 is 23.0 Å². The molecule has 0 saturated carbocycles. The van der Waals surface area contributed by atoms with Crippen LogP contribution in [0.4, 0.5) is 4.79 Å². The zero-order chi connectivity index (χ0) is 25.6.